The van der Waals surface area contributed by atoms with Gasteiger partial charge in [0.15, 0.2) is 0 Å². The third-order valence-electron chi connectivity index (χ3n) is 3.74. The Kier molecular flexibility index (Phi) is 4.21. The summed E-state index contributed by atoms with van der Waals surface area (Å²) >= 11 is 0. The molecule has 1 heterocycles. The number of phenols is 1. The first kappa shape index (κ1) is 15.4. The molecule has 0 spiro atoms. The standard InChI is InChI=1S/C18H19NO4/c1-19(2)9-10-22-18(21)17-15-11-12(20)7-8-13(15)14-5-3-4-6-16(14)23-17/h3-8,11,17,20H,9-10H2,1-2H3. The highest BCUT2D eigenvalue weighted by Gasteiger charge is 2.32. The van der Waals surface area contributed by atoms with Crippen molar-refractivity contribution in [2.45, 2.75) is 6.10 Å². The minimum absolute atomic E-state index is 0.0952. The fourth-order valence-corrected chi connectivity index (χ4v) is 2.57. The number of phenolic OH excluding ortho intramolecular Hbond substituents is 1. The van der Waals surface area contributed by atoms with E-state index in [1.807, 2.05) is 43.3 Å². The van der Waals surface area contributed by atoms with Crippen LogP contribution in [0, 0.1) is 0 Å². The normalized spacial score (nSPS) is 15.5. The second-order valence-electron chi connectivity index (χ2n) is 5.74. The number of aromatic hydroxyl groups is 1. The highest BCUT2D eigenvalue weighted by Crippen LogP contribution is 2.43. The fraction of sp³-hybridized carbons (Fsp3) is 0.278. The van der Waals surface area contributed by atoms with Crippen LogP contribution in [0.3, 0.4) is 0 Å². The molecule has 3 rings (SSSR count). The van der Waals surface area contributed by atoms with Gasteiger partial charge in [-0.05, 0) is 37.9 Å². The fourth-order valence-electron chi connectivity index (χ4n) is 2.57. The van der Waals surface area contributed by atoms with Gasteiger partial charge in [-0.1, -0.05) is 24.3 Å². The van der Waals surface area contributed by atoms with Gasteiger partial charge in [0, 0.05) is 17.7 Å². The molecule has 1 unspecified atom stereocenters. The van der Waals surface area contributed by atoms with E-state index in [0.29, 0.717) is 24.5 Å². The number of benzene rings is 2. The van der Waals surface area contributed by atoms with E-state index in [9.17, 15) is 9.90 Å². The highest BCUT2D eigenvalue weighted by molar-refractivity contribution is 5.86. The van der Waals surface area contributed by atoms with E-state index in [1.165, 1.54) is 0 Å². The van der Waals surface area contributed by atoms with Crippen molar-refractivity contribution in [3.05, 3.63) is 48.0 Å². The highest BCUT2D eigenvalue weighted by atomic mass is 16.6. The number of hydrogen-bond acceptors (Lipinski definition) is 5. The smallest absolute Gasteiger partial charge is 0.352 e. The predicted molar refractivity (Wildman–Crippen MR) is 86.4 cm³/mol. The molecular formula is C18H19NO4. The van der Waals surface area contributed by atoms with E-state index >= 15 is 0 Å². The summed E-state index contributed by atoms with van der Waals surface area (Å²) < 4.78 is 11.2. The molecule has 0 aliphatic carbocycles. The van der Waals surface area contributed by atoms with Crippen molar-refractivity contribution in [1.82, 2.24) is 4.90 Å². The van der Waals surface area contributed by atoms with Gasteiger partial charge in [0.25, 0.3) is 0 Å². The summed E-state index contributed by atoms with van der Waals surface area (Å²) in [6, 6.07) is 12.5. The Morgan fingerprint density at radius 2 is 2.00 bits per heavy atom. The van der Waals surface area contributed by atoms with Crippen LogP contribution in [0.25, 0.3) is 11.1 Å². The molecule has 1 aliphatic rings. The van der Waals surface area contributed by atoms with Crippen LogP contribution < -0.4 is 4.74 Å². The number of likely N-dealkylation sites (N-methyl/N-ethyl adjacent to an activating group) is 1. The lowest BCUT2D eigenvalue weighted by atomic mass is 9.92. The van der Waals surface area contributed by atoms with Crippen molar-refractivity contribution in [2.75, 3.05) is 27.2 Å². The van der Waals surface area contributed by atoms with Crippen LogP contribution in [0.1, 0.15) is 11.7 Å². The van der Waals surface area contributed by atoms with Gasteiger partial charge in [-0.25, -0.2) is 4.79 Å². The van der Waals surface area contributed by atoms with Crippen molar-refractivity contribution in [2.24, 2.45) is 0 Å². The molecular weight excluding hydrogens is 294 g/mol. The van der Waals surface area contributed by atoms with Gasteiger partial charge >= 0.3 is 5.97 Å². The van der Waals surface area contributed by atoms with Crippen LogP contribution in [-0.2, 0) is 9.53 Å². The molecule has 1 atom stereocenters. The number of carbonyl (C=O) groups is 1. The van der Waals surface area contributed by atoms with Gasteiger partial charge in [-0.15, -0.1) is 0 Å². The number of ether oxygens (including phenoxy) is 2. The van der Waals surface area contributed by atoms with E-state index in [0.717, 1.165) is 11.1 Å². The Morgan fingerprint density at radius 3 is 2.78 bits per heavy atom. The number of hydrogen-bond donors (Lipinski definition) is 1. The molecule has 2 aromatic carbocycles. The zero-order valence-corrected chi connectivity index (χ0v) is 13.2. The maximum atomic E-state index is 12.4. The number of nitrogens with zero attached hydrogens (tertiary/aromatic N) is 1. The van der Waals surface area contributed by atoms with Crippen LogP contribution in [0.15, 0.2) is 42.5 Å². The summed E-state index contributed by atoms with van der Waals surface area (Å²) in [7, 11) is 3.82. The summed E-state index contributed by atoms with van der Waals surface area (Å²) in [5.41, 5.74) is 2.40. The molecule has 23 heavy (non-hydrogen) atoms. The largest absolute Gasteiger partial charge is 0.508 e. The maximum absolute atomic E-state index is 12.4. The lowest BCUT2D eigenvalue weighted by Crippen LogP contribution is -2.27. The van der Waals surface area contributed by atoms with Crippen molar-refractivity contribution >= 4 is 5.97 Å². The molecule has 0 amide bonds. The second-order valence-corrected chi connectivity index (χ2v) is 5.74. The molecule has 0 saturated heterocycles. The number of rotatable bonds is 4. The lowest BCUT2D eigenvalue weighted by molar-refractivity contribution is -0.152. The van der Waals surface area contributed by atoms with Gasteiger partial charge in [-0.3, -0.25) is 0 Å². The first-order valence-electron chi connectivity index (χ1n) is 7.46. The number of fused-ring (bicyclic) bond motifs is 3. The maximum Gasteiger partial charge on any atom is 0.352 e. The predicted octanol–water partition coefficient (Wildman–Crippen LogP) is 2.60. The first-order valence-corrected chi connectivity index (χ1v) is 7.46. The Labute approximate surface area is 135 Å². The van der Waals surface area contributed by atoms with Gasteiger partial charge in [0.2, 0.25) is 6.10 Å². The lowest BCUT2D eigenvalue weighted by Gasteiger charge is -2.27. The van der Waals surface area contributed by atoms with E-state index in [2.05, 4.69) is 0 Å². The Hall–Kier alpha value is -2.53. The van der Waals surface area contributed by atoms with Crippen molar-refractivity contribution in [1.29, 1.82) is 0 Å². The third kappa shape index (κ3) is 3.14. The molecule has 0 bridgehead atoms. The molecule has 120 valence electrons. The van der Waals surface area contributed by atoms with Gasteiger partial charge in [0.1, 0.15) is 18.1 Å². The molecule has 1 aliphatic heterocycles. The zero-order chi connectivity index (χ0) is 16.4. The molecule has 0 radical (unpaired) electrons. The second kappa shape index (κ2) is 6.30. The van der Waals surface area contributed by atoms with E-state index in [1.54, 1.807) is 18.2 Å². The Balaban J connectivity index is 1.91. The molecule has 5 nitrogen and oxygen atoms in total. The third-order valence-corrected chi connectivity index (χ3v) is 3.74. The Morgan fingerprint density at radius 1 is 1.22 bits per heavy atom. The molecule has 2 aromatic rings. The van der Waals surface area contributed by atoms with E-state index in [-0.39, 0.29) is 5.75 Å². The minimum Gasteiger partial charge on any atom is -0.508 e. The summed E-state index contributed by atoms with van der Waals surface area (Å²) in [6.45, 7) is 0.934. The minimum atomic E-state index is -0.867. The SMILES string of the molecule is CN(C)CCOC(=O)C1Oc2ccccc2-c2ccc(O)cc21. The topological polar surface area (TPSA) is 59.0 Å². The van der Waals surface area contributed by atoms with Crippen LogP contribution in [0.5, 0.6) is 11.5 Å². The van der Waals surface area contributed by atoms with Crippen molar-refractivity contribution in [3.63, 3.8) is 0 Å². The van der Waals surface area contributed by atoms with Gasteiger partial charge in [-0.2, -0.15) is 0 Å². The molecule has 0 saturated carbocycles. The summed E-state index contributed by atoms with van der Waals surface area (Å²) in [6.07, 6.45) is -0.867. The van der Waals surface area contributed by atoms with Crippen LogP contribution in [0.2, 0.25) is 0 Å². The zero-order valence-electron chi connectivity index (χ0n) is 13.2. The average Bonchev–Trinajstić information content (AvgIpc) is 2.53. The summed E-state index contributed by atoms with van der Waals surface area (Å²) in [4.78, 5) is 14.4. The molecule has 5 heteroatoms. The van der Waals surface area contributed by atoms with E-state index in [4.69, 9.17) is 9.47 Å². The van der Waals surface area contributed by atoms with Crippen LogP contribution in [0.4, 0.5) is 0 Å². The monoisotopic (exact) mass is 313 g/mol. The summed E-state index contributed by atoms with van der Waals surface area (Å²) in [5.74, 6) is 0.284. The van der Waals surface area contributed by atoms with Gasteiger partial charge in [0.05, 0.1) is 0 Å². The number of carbonyl (C=O) groups excluding carboxylic acids is 1. The molecule has 1 N–H and O–H groups in total. The van der Waals surface area contributed by atoms with Crippen LogP contribution in [-0.4, -0.2) is 43.2 Å². The number of para-hydroxylation sites is 1. The number of esters is 1. The molecule has 0 aromatic heterocycles. The van der Waals surface area contributed by atoms with Crippen molar-refractivity contribution in [3.8, 4) is 22.6 Å². The van der Waals surface area contributed by atoms with Crippen LogP contribution >= 0.6 is 0 Å². The Bertz CT molecular complexity index is 727. The first-order chi connectivity index (χ1) is 11.1. The van der Waals surface area contributed by atoms with E-state index < -0.39 is 12.1 Å². The quantitative estimate of drug-likeness (QED) is 0.879. The van der Waals surface area contributed by atoms with Gasteiger partial charge < -0.3 is 19.5 Å². The summed E-state index contributed by atoms with van der Waals surface area (Å²) in [5, 5.41) is 9.77. The van der Waals surface area contributed by atoms with Crippen molar-refractivity contribution < 1.29 is 19.4 Å². The average molecular weight is 313 g/mol. The molecule has 0 fully saturated rings.